The second kappa shape index (κ2) is 90.1. The van der Waals surface area contributed by atoms with Crippen LogP contribution in [-0.4, -0.2) is 332 Å². The van der Waals surface area contributed by atoms with Gasteiger partial charge in [0.25, 0.3) is 0 Å². The van der Waals surface area contributed by atoms with Crippen molar-refractivity contribution in [3.8, 4) is 0 Å². The van der Waals surface area contributed by atoms with E-state index in [0.29, 0.717) is 95.5 Å². The molecule has 2 aliphatic rings. The Morgan fingerprint density at radius 1 is 0.513 bits per heavy atom. The van der Waals surface area contributed by atoms with E-state index in [-0.39, 0.29) is 110 Å². The Morgan fingerprint density at radius 3 is 1.22 bits per heavy atom. The van der Waals surface area contributed by atoms with Crippen LogP contribution >= 0.6 is 0 Å². The van der Waals surface area contributed by atoms with E-state index in [4.69, 9.17) is 115 Å². The Bertz CT molecular complexity index is 2060. The first-order valence-corrected chi connectivity index (χ1v) is 41.2. The molecule has 0 aromatic rings. The fourth-order valence-corrected chi connectivity index (χ4v) is 6.77. The van der Waals surface area contributed by atoms with Crippen molar-refractivity contribution in [2.45, 2.75) is 264 Å². The summed E-state index contributed by atoms with van der Waals surface area (Å²) in [5, 5.41) is 99.9. The van der Waals surface area contributed by atoms with Crippen molar-refractivity contribution < 1.29 is 279 Å². The van der Waals surface area contributed by atoms with Gasteiger partial charge in [-0.15, -0.1) is 0 Å². The third-order valence-electron chi connectivity index (χ3n) is 12.6. The van der Waals surface area contributed by atoms with Crippen LogP contribution < -0.4 is 97.2 Å². The summed E-state index contributed by atoms with van der Waals surface area (Å²) in [4.78, 5) is 104. The average Bonchev–Trinajstić information content (AvgIpc) is 0.823. The summed E-state index contributed by atoms with van der Waals surface area (Å²) >= 11 is -11.9. The predicted octanol–water partition coefficient (Wildman–Crippen LogP) is -19.5. The molecule has 49 heteroatoms. The molecule has 8 unspecified atom stereocenters. The molecule has 0 aliphatic carbocycles. The minimum Gasteiger partial charge on any atom is -1.00 e. The maximum Gasteiger partial charge on any atom is 1.00 e. The summed E-state index contributed by atoms with van der Waals surface area (Å²) in [6, 6.07) is 0. The maximum atomic E-state index is 11.7. The molecular formula is C64H123BI2NaO45-2. The summed E-state index contributed by atoms with van der Waals surface area (Å²) in [7, 11) is 8.10. The molecule has 45 nitrogen and oxygen atoms in total. The van der Waals surface area contributed by atoms with Crippen LogP contribution in [0, 0.1) is 0 Å². The van der Waals surface area contributed by atoms with Crippen molar-refractivity contribution in [1.82, 2.24) is 0 Å². The van der Waals surface area contributed by atoms with Gasteiger partial charge >= 0.3 is 53.4 Å². The molecule has 0 aromatic carbocycles. The zero-order chi connectivity index (χ0) is 88.3. The van der Waals surface area contributed by atoms with Crippen molar-refractivity contribution in [1.29, 1.82) is 0 Å². The van der Waals surface area contributed by atoms with Gasteiger partial charge in [-0.3, -0.25) is 56.3 Å². The van der Waals surface area contributed by atoms with Crippen LogP contribution in [0.3, 0.4) is 0 Å². The minimum atomic E-state index is -5.94. The molecule has 2 aliphatic heterocycles. The van der Waals surface area contributed by atoms with E-state index >= 15 is 0 Å². The van der Waals surface area contributed by atoms with Gasteiger partial charge in [-0.2, -0.15) is 0 Å². The van der Waals surface area contributed by atoms with Crippen molar-refractivity contribution in [3.05, 3.63) is 0 Å². The Hall–Kier alpha value is -2.66. The van der Waals surface area contributed by atoms with Crippen molar-refractivity contribution >= 4 is 70.0 Å². The Morgan fingerprint density at radius 2 is 0.920 bits per heavy atom. The van der Waals surface area contributed by atoms with Gasteiger partial charge in [0.2, 0.25) is 12.6 Å². The number of hydrogen-bond acceptors (Lipinski definition) is 44. The fraction of sp³-hybridized carbons (Fsp3) is 0.844. The van der Waals surface area contributed by atoms with Crippen LogP contribution in [0.15, 0.2) is 0 Å². The molecular weight excluding hydrogens is 1780 g/mol. The number of ether oxygens (including phenoxy) is 16. The molecule has 2 saturated heterocycles. The molecule has 669 valence electrons. The van der Waals surface area contributed by atoms with E-state index in [9.17, 15) is 73.5 Å². The van der Waals surface area contributed by atoms with Gasteiger partial charge in [0.1, 0.15) is 102 Å². The summed E-state index contributed by atoms with van der Waals surface area (Å²) in [5.74, 6) is -2.38. The quantitative estimate of drug-likeness (QED) is 0.00673. The second-order valence-electron chi connectivity index (χ2n) is 20.5. The molecule has 11 N–H and O–H groups in total. The van der Waals surface area contributed by atoms with Gasteiger partial charge in [0.05, 0.1) is 64.1 Å². The number of carboxylic acid groups (broad SMARTS) is 1. The topological polar surface area (TPSA) is 725 Å². The zero-order valence-corrected chi connectivity index (χ0v) is 73.3. The van der Waals surface area contributed by atoms with E-state index in [0.717, 1.165) is 0 Å². The molecule has 0 saturated carbocycles. The van der Waals surface area contributed by atoms with Gasteiger partial charge in [-0.05, 0) is 51.4 Å². The number of hydrogen-bond donors (Lipinski definition) is 11. The first-order chi connectivity index (χ1) is 52.2. The average molecular weight is 1900 g/mol. The first kappa shape index (κ1) is 134. The van der Waals surface area contributed by atoms with Crippen molar-refractivity contribution in [2.24, 2.45) is 0 Å². The Balaban J connectivity index is -0.000000106. The van der Waals surface area contributed by atoms with Crippen molar-refractivity contribution in [2.75, 3.05) is 88.9 Å². The summed E-state index contributed by atoms with van der Waals surface area (Å²) in [5.41, 5.74) is 0. The summed E-state index contributed by atoms with van der Waals surface area (Å²) in [6.07, 6.45) is -9.08. The van der Waals surface area contributed by atoms with Gasteiger partial charge in [0.15, 0.2) is 62.7 Å². The van der Waals surface area contributed by atoms with Crippen LogP contribution in [0.2, 0.25) is 0 Å². The van der Waals surface area contributed by atoms with Crippen LogP contribution in [0.25, 0.3) is 0 Å². The number of aliphatic hydroxyl groups excluding tert-OH is 10. The molecule has 113 heavy (non-hydrogen) atoms. The third kappa shape index (κ3) is 85.6. The number of cyclic esters (lactones) is 2. The standard InChI is InChI=1S/C17H32O11.C8H16O5.2C8H14O5.C7H16O4.C7H12O4.C5H6O3.2C2H6.B.2IO4.Na.H/c1-3-12(7-18)27-17(11-25-15(23)6-4-5-14(21)22)26-10-13(8-19)28-16(9-20)24-2;1-3-4-5(9)6(10)7(11)8(12-2)13-4;1-3-7(6(11)4-9)13-8(5-10)12-2;1-3-6(4-9)13-8(12-2)7(11)5-10;2*1-3-6(4-8)11-7(5-9)10-2;6-4-2-1-3-5(7)8-4;2*1-2;;2*2-1(3,4)5;;/h12-13,16-20H,3-11H2,1-2H3,(H,21,22);4-11H,3H2,1-2H3;2*4-8,11H,3H2,1-2H3;6-9H,3-5H2,1-2H3;4-7H,3H2,1-2H3;1-3H2;2*1-2H3;;;;;/q;;;;;;;;;;2*-1;+1;-1/t12?,13?,16-,17-;4?,5-,6+,7?,8+;6-,7?,8-;6?,7-,8-;2*6?,7-;;;;;;;;/m010000......../s1. The Labute approximate surface area is 696 Å². The molecule has 2 fully saturated rings. The number of aldehydes is 6. The Kier molecular flexibility index (Phi) is 107. The SMILES string of the molecule is CC.CC.CCC(C=O)O[C@@H](C=O)OC.CCC(C=O)O[C@H](OC)[C@@H](O)C=O.CCC(CO)O[C@@H](CO)OC.CCC(CO)O[C@@H](COC(=O)CCCC(=O)O)OCC(CO)O[C@@H](CO)OC.CCC(O[C@@H](C=O)OC)[C@@H](O)C=O.CCC1O[C@H](OC)C(O)[C@@H](O)[C@@H]1O.O=C1CCCC(=O)O1.[B].[H-].[Na+].[O-][I+3]([O-])([O-])[O-].[O-][I+3]([O-])([O-])[O-]. The number of halogens is 2. The second-order valence-corrected chi connectivity index (χ2v) is 24.8. The van der Waals surface area contributed by atoms with Crippen LogP contribution in [0.1, 0.15) is 148 Å². The van der Waals surface area contributed by atoms with Crippen molar-refractivity contribution in [3.63, 3.8) is 0 Å². The number of aliphatic hydroxyl groups is 10. The van der Waals surface area contributed by atoms with Gasteiger partial charge in [-0.1, -0.05) is 69.2 Å². The first-order valence-electron chi connectivity index (χ1n) is 34.1. The number of carbonyl (C=O) groups excluding carboxylic acids is 9. The van der Waals surface area contributed by atoms with E-state index in [1.54, 1.807) is 27.7 Å². The number of rotatable bonds is 46. The molecule has 19 atom stereocenters. The monoisotopic (exact) mass is 1900 g/mol. The van der Waals surface area contributed by atoms with Crippen LogP contribution in [0.4, 0.5) is 0 Å². The number of carbonyl (C=O) groups is 10. The fourth-order valence-electron chi connectivity index (χ4n) is 6.77. The normalized spacial score (nSPS) is 18.9. The van der Waals surface area contributed by atoms with E-state index in [1.165, 1.54) is 42.7 Å². The molecule has 2 heterocycles. The smallest absolute Gasteiger partial charge is 1.00 e. The zero-order valence-electron chi connectivity index (χ0n) is 68.0. The molecule has 0 bridgehead atoms. The third-order valence-corrected chi connectivity index (χ3v) is 12.6. The van der Waals surface area contributed by atoms with Gasteiger partial charge in [0, 0.05) is 76.8 Å². The van der Waals surface area contributed by atoms with Crippen LogP contribution in [-0.2, 0) is 124 Å². The number of aliphatic carboxylic acids is 1. The predicted molar refractivity (Wildman–Crippen MR) is 359 cm³/mol. The summed E-state index contributed by atoms with van der Waals surface area (Å²) in [6.45, 7) is 17.0. The molecule has 3 radical (unpaired) electrons. The molecule has 0 aromatic heterocycles. The number of esters is 3. The minimum absolute atomic E-state index is 0. The molecule has 2 rings (SSSR count). The van der Waals surface area contributed by atoms with Crippen LogP contribution in [0.5, 0.6) is 0 Å². The molecule has 0 spiro atoms. The van der Waals surface area contributed by atoms with Gasteiger partial charge < -0.3 is 153 Å². The summed E-state index contributed by atoms with van der Waals surface area (Å²) < 4.78 is 148. The van der Waals surface area contributed by atoms with E-state index < -0.39 is 177 Å². The van der Waals surface area contributed by atoms with E-state index in [2.05, 4.69) is 18.9 Å². The van der Waals surface area contributed by atoms with E-state index in [1.807, 2.05) is 41.5 Å². The van der Waals surface area contributed by atoms with Gasteiger partial charge in [-0.25, -0.2) is 0 Å². The number of carboxylic acids is 1. The maximum absolute atomic E-state index is 11.7. The molecule has 0 amide bonds. The number of methoxy groups -OCH3 is 6. The largest absolute Gasteiger partial charge is 1.00 e.